The van der Waals surface area contributed by atoms with Crippen LogP contribution in [0.15, 0.2) is 12.7 Å². The van der Waals surface area contributed by atoms with Gasteiger partial charge in [-0.05, 0) is 30.6 Å². The molecule has 0 aromatic carbocycles. The third-order valence-corrected chi connectivity index (χ3v) is 4.76. The maximum Gasteiger partial charge on any atom is 0.165 e. The van der Waals surface area contributed by atoms with Crippen LogP contribution in [0.25, 0.3) is 11.2 Å². The van der Waals surface area contributed by atoms with E-state index in [9.17, 15) is 5.11 Å². The summed E-state index contributed by atoms with van der Waals surface area (Å²) in [5.74, 6) is 0.876. The molecule has 0 radical (unpaired) electrons. The highest BCUT2D eigenvalue weighted by Gasteiger charge is 2.63. The molecule has 2 aliphatic rings. The van der Waals surface area contributed by atoms with Crippen LogP contribution >= 0.6 is 0 Å². The minimum atomic E-state index is 0.292. The van der Waals surface area contributed by atoms with E-state index in [1.165, 1.54) is 19.2 Å². The molecule has 2 fully saturated rings. The Hall–Kier alpha value is -1.69. The molecule has 0 saturated heterocycles. The minimum absolute atomic E-state index is 0.292. The van der Waals surface area contributed by atoms with Crippen molar-refractivity contribution >= 4 is 17.0 Å². The lowest BCUT2D eigenvalue weighted by Gasteiger charge is -2.45. The molecule has 2 saturated carbocycles. The van der Waals surface area contributed by atoms with Gasteiger partial charge in [-0.25, -0.2) is 15.0 Å². The van der Waals surface area contributed by atoms with Gasteiger partial charge in [-0.2, -0.15) is 0 Å². The maximum atomic E-state index is 9.36. The average Bonchev–Trinajstić information content (AvgIpc) is 3.09. The molecule has 0 unspecified atom stereocenters. The summed E-state index contributed by atoms with van der Waals surface area (Å²) in [6.07, 6.45) is 6.70. The molecule has 0 bridgehead atoms. The van der Waals surface area contributed by atoms with E-state index in [0.29, 0.717) is 35.3 Å². The minimum Gasteiger partial charge on any atom is -0.396 e. The van der Waals surface area contributed by atoms with Gasteiger partial charge in [-0.15, -0.1) is 0 Å². The number of anilines is 1. The number of aromatic nitrogens is 4. The Balaban J connectivity index is 1.79. The van der Waals surface area contributed by atoms with Gasteiger partial charge in [0.2, 0.25) is 0 Å². The Labute approximate surface area is 104 Å². The lowest BCUT2D eigenvalue weighted by molar-refractivity contribution is 0.0107. The summed E-state index contributed by atoms with van der Waals surface area (Å²) in [5.41, 5.74) is 7.59. The Bertz CT molecular complexity index is 618. The zero-order valence-electron chi connectivity index (χ0n) is 9.95. The molecule has 2 atom stereocenters. The van der Waals surface area contributed by atoms with Crippen molar-refractivity contribution in [1.82, 2.24) is 19.5 Å². The molecule has 18 heavy (non-hydrogen) atoms. The smallest absolute Gasteiger partial charge is 0.165 e. The van der Waals surface area contributed by atoms with Crippen molar-refractivity contribution in [3.63, 3.8) is 0 Å². The van der Waals surface area contributed by atoms with Crippen LogP contribution in [-0.2, 0) is 0 Å². The fourth-order valence-corrected chi connectivity index (χ4v) is 3.48. The Morgan fingerprint density at radius 2 is 2.22 bits per heavy atom. The van der Waals surface area contributed by atoms with E-state index >= 15 is 0 Å². The highest BCUT2D eigenvalue weighted by molar-refractivity contribution is 5.81. The molecule has 2 aliphatic carbocycles. The van der Waals surface area contributed by atoms with Crippen molar-refractivity contribution in [2.75, 3.05) is 12.3 Å². The molecule has 0 amide bonds. The SMILES string of the molecule is Nc1ncnc2c1ncn2[C@@H]1C[C@H](CO)C12CC2. The van der Waals surface area contributed by atoms with E-state index in [-0.39, 0.29) is 0 Å². The molecule has 2 aromatic rings. The molecular formula is C12H15N5O. The monoisotopic (exact) mass is 245 g/mol. The van der Waals surface area contributed by atoms with Crippen LogP contribution in [0, 0.1) is 11.3 Å². The van der Waals surface area contributed by atoms with Crippen molar-refractivity contribution in [1.29, 1.82) is 0 Å². The molecular weight excluding hydrogens is 230 g/mol. The number of nitrogen functional groups attached to an aromatic ring is 1. The molecule has 6 heteroatoms. The number of nitrogens with two attached hydrogens (primary N) is 1. The van der Waals surface area contributed by atoms with Crippen LogP contribution in [0.4, 0.5) is 5.82 Å². The highest BCUT2D eigenvalue weighted by atomic mass is 16.3. The van der Waals surface area contributed by atoms with Gasteiger partial charge < -0.3 is 15.4 Å². The summed E-state index contributed by atoms with van der Waals surface area (Å²) in [4.78, 5) is 12.6. The number of imidazole rings is 1. The van der Waals surface area contributed by atoms with Gasteiger partial charge in [0.15, 0.2) is 11.5 Å². The first-order chi connectivity index (χ1) is 8.76. The van der Waals surface area contributed by atoms with Crippen LogP contribution in [-0.4, -0.2) is 31.2 Å². The second-order valence-electron chi connectivity index (χ2n) is 5.45. The van der Waals surface area contributed by atoms with Gasteiger partial charge in [0.05, 0.1) is 6.33 Å². The fraction of sp³-hybridized carbons (Fsp3) is 0.583. The van der Waals surface area contributed by atoms with Gasteiger partial charge >= 0.3 is 0 Å². The summed E-state index contributed by atoms with van der Waals surface area (Å²) < 4.78 is 2.12. The summed E-state index contributed by atoms with van der Waals surface area (Å²) in [5, 5.41) is 9.36. The number of aliphatic hydroxyl groups excluding tert-OH is 1. The molecule has 3 N–H and O–H groups in total. The van der Waals surface area contributed by atoms with Gasteiger partial charge in [0, 0.05) is 12.6 Å². The van der Waals surface area contributed by atoms with Crippen LogP contribution < -0.4 is 5.73 Å². The highest BCUT2D eigenvalue weighted by Crippen LogP contribution is 2.70. The zero-order chi connectivity index (χ0) is 12.3. The van der Waals surface area contributed by atoms with Crippen molar-refractivity contribution < 1.29 is 5.11 Å². The summed E-state index contributed by atoms with van der Waals surface area (Å²) in [7, 11) is 0. The molecule has 2 aromatic heterocycles. The fourth-order valence-electron chi connectivity index (χ4n) is 3.48. The van der Waals surface area contributed by atoms with E-state index < -0.39 is 0 Å². The van der Waals surface area contributed by atoms with Gasteiger partial charge in [0.25, 0.3) is 0 Å². The summed E-state index contributed by atoms with van der Waals surface area (Å²) in [6.45, 7) is 0.292. The molecule has 0 aliphatic heterocycles. The number of hydrogen-bond acceptors (Lipinski definition) is 5. The molecule has 94 valence electrons. The van der Waals surface area contributed by atoms with Crippen LogP contribution in [0.2, 0.25) is 0 Å². The first-order valence-corrected chi connectivity index (χ1v) is 6.30. The number of fused-ring (bicyclic) bond motifs is 1. The molecule has 6 nitrogen and oxygen atoms in total. The number of rotatable bonds is 2. The first-order valence-electron chi connectivity index (χ1n) is 6.30. The van der Waals surface area contributed by atoms with Crippen LogP contribution in [0.1, 0.15) is 25.3 Å². The number of aliphatic hydroxyl groups is 1. The second-order valence-corrected chi connectivity index (χ2v) is 5.45. The van der Waals surface area contributed by atoms with Gasteiger partial charge in [-0.3, -0.25) is 0 Å². The van der Waals surface area contributed by atoms with E-state index in [4.69, 9.17) is 5.73 Å². The summed E-state index contributed by atoms with van der Waals surface area (Å²) >= 11 is 0. The quantitative estimate of drug-likeness (QED) is 0.814. The van der Waals surface area contributed by atoms with E-state index in [1.54, 1.807) is 0 Å². The molecule has 1 spiro atoms. The number of hydrogen-bond donors (Lipinski definition) is 2. The van der Waals surface area contributed by atoms with Crippen molar-refractivity contribution in [3.05, 3.63) is 12.7 Å². The predicted molar refractivity (Wildman–Crippen MR) is 65.6 cm³/mol. The first kappa shape index (κ1) is 10.3. The van der Waals surface area contributed by atoms with Crippen molar-refractivity contribution in [3.8, 4) is 0 Å². The Kier molecular flexibility index (Phi) is 1.82. The molecule has 4 rings (SSSR count). The van der Waals surface area contributed by atoms with E-state index in [1.807, 2.05) is 6.33 Å². The lowest BCUT2D eigenvalue weighted by Crippen LogP contribution is -2.42. The average molecular weight is 245 g/mol. The Morgan fingerprint density at radius 1 is 1.39 bits per heavy atom. The topological polar surface area (TPSA) is 89.9 Å². The second kappa shape index (κ2) is 3.20. The predicted octanol–water partition coefficient (Wildman–Crippen LogP) is 0.742. The summed E-state index contributed by atoms with van der Waals surface area (Å²) in [6, 6.07) is 0.411. The number of nitrogens with zero attached hydrogens (tertiary/aromatic N) is 4. The van der Waals surface area contributed by atoms with E-state index in [0.717, 1.165) is 12.1 Å². The van der Waals surface area contributed by atoms with E-state index in [2.05, 4.69) is 19.5 Å². The maximum absolute atomic E-state index is 9.36. The van der Waals surface area contributed by atoms with Crippen LogP contribution in [0.3, 0.4) is 0 Å². The zero-order valence-corrected chi connectivity index (χ0v) is 9.95. The largest absolute Gasteiger partial charge is 0.396 e. The van der Waals surface area contributed by atoms with Crippen molar-refractivity contribution in [2.45, 2.75) is 25.3 Å². The Morgan fingerprint density at radius 3 is 2.94 bits per heavy atom. The normalized spacial score (nSPS) is 28.5. The third kappa shape index (κ3) is 1.09. The third-order valence-electron chi connectivity index (χ3n) is 4.76. The van der Waals surface area contributed by atoms with Gasteiger partial charge in [-0.1, -0.05) is 0 Å². The molecule has 2 heterocycles. The standard InChI is InChI=1S/C12H15N5O/c13-10-9-11(15-5-14-10)17(6-16-9)8-3-7(4-18)12(8)1-2-12/h5-8,18H,1-4H2,(H2,13,14,15)/t7-,8-/m1/s1. The van der Waals surface area contributed by atoms with Gasteiger partial charge in [0.1, 0.15) is 11.8 Å². The van der Waals surface area contributed by atoms with Crippen molar-refractivity contribution in [2.24, 2.45) is 11.3 Å². The lowest BCUT2D eigenvalue weighted by atomic mass is 9.66. The van der Waals surface area contributed by atoms with Crippen LogP contribution in [0.5, 0.6) is 0 Å².